The van der Waals surface area contributed by atoms with E-state index in [0.29, 0.717) is 16.5 Å². The van der Waals surface area contributed by atoms with Gasteiger partial charge in [0.1, 0.15) is 17.5 Å². The van der Waals surface area contributed by atoms with Crippen LogP contribution in [0.1, 0.15) is 46.2 Å². The van der Waals surface area contributed by atoms with Gasteiger partial charge in [-0.25, -0.2) is 13.7 Å². The molecule has 0 aliphatic rings. The number of carbonyl (C=O) groups is 1. The Morgan fingerprint density at radius 3 is 2.29 bits per heavy atom. The molecule has 5 nitrogen and oxygen atoms in total. The number of fused-ring (bicyclic) bond motifs is 1. The fraction of sp³-hybridized carbons (Fsp3) is 0.417. The molecule has 1 unspecified atom stereocenters. The third-order valence-electron chi connectivity index (χ3n) is 4.34. The molecule has 1 atom stereocenters. The molecule has 0 fully saturated rings. The number of hydrogen-bond acceptors (Lipinski definition) is 6. The first-order chi connectivity index (χ1) is 16.4. The van der Waals surface area contributed by atoms with E-state index >= 15 is 0 Å². The fourth-order valence-electron chi connectivity index (χ4n) is 2.93. The SMILES string of the molecule is CCN(Sc1ccc2nc(OC(C)(C)C)sc2c1)C(c1ccc(F)cc1)C(F)(F)F.CCNC=O. The first-order valence-electron chi connectivity index (χ1n) is 10.9. The quantitative estimate of drug-likeness (QED) is 0.193. The van der Waals surface area contributed by atoms with Crippen LogP contribution in [0.25, 0.3) is 10.2 Å². The number of aromatic nitrogens is 1. The topological polar surface area (TPSA) is 54.5 Å². The van der Waals surface area contributed by atoms with E-state index in [9.17, 15) is 22.4 Å². The number of amides is 1. The predicted molar refractivity (Wildman–Crippen MR) is 133 cm³/mol. The van der Waals surface area contributed by atoms with Crippen molar-refractivity contribution >= 4 is 39.9 Å². The highest BCUT2D eigenvalue weighted by Gasteiger charge is 2.44. The van der Waals surface area contributed by atoms with Gasteiger partial charge in [-0.1, -0.05) is 30.4 Å². The Labute approximate surface area is 211 Å². The van der Waals surface area contributed by atoms with E-state index in [-0.39, 0.29) is 17.7 Å². The molecule has 0 spiro atoms. The van der Waals surface area contributed by atoms with Crippen molar-refractivity contribution in [2.45, 2.75) is 57.3 Å². The van der Waals surface area contributed by atoms with E-state index in [1.165, 1.54) is 27.8 Å². The molecule has 0 saturated carbocycles. The van der Waals surface area contributed by atoms with Crippen LogP contribution in [0, 0.1) is 5.82 Å². The Morgan fingerprint density at radius 1 is 1.14 bits per heavy atom. The van der Waals surface area contributed by atoms with Crippen molar-refractivity contribution in [3.05, 3.63) is 53.8 Å². The summed E-state index contributed by atoms with van der Waals surface area (Å²) in [5, 5.41) is 2.95. The van der Waals surface area contributed by atoms with E-state index in [0.717, 1.165) is 40.8 Å². The van der Waals surface area contributed by atoms with Gasteiger partial charge in [0.25, 0.3) is 5.19 Å². The molecule has 3 rings (SSSR count). The van der Waals surface area contributed by atoms with Gasteiger partial charge < -0.3 is 10.1 Å². The third-order valence-corrected chi connectivity index (χ3v) is 6.40. The molecule has 192 valence electrons. The molecule has 3 aromatic rings. The van der Waals surface area contributed by atoms with Gasteiger partial charge in [0.15, 0.2) is 0 Å². The number of thiazole rings is 1. The molecule has 0 aliphatic heterocycles. The molecule has 1 N–H and O–H groups in total. The lowest BCUT2D eigenvalue weighted by atomic mass is 10.1. The number of halogens is 4. The van der Waals surface area contributed by atoms with Crippen molar-refractivity contribution < 1.29 is 27.1 Å². The zero-order valence-corrected chi connectivity index (χ0v) is 21.8. The van der Waals surface area contributed by atoms with Crippen LogP contribution in [0.2, 0.25) is 0 Å². The number of rotatable bonds is 8. The lowest BCUT2D eigenvalue weighted by Crippen LogP contribution is -2.34. The van der Waals surface area contributed by atoms with Gasteiger partial charge in [0.2, 0.25) is 6.41 Å². The maximum atomic E-state index is 13.9. The Balaban J connectivity index is 0.000000784. The van der Waals surface area contributed by atoms with Crippen LogP contribution in [-0.4, -0.2) is 40.6 Å². The molecule has 0 radical (unpaired) electrons. The zero-order chi connectivity index (χ0) is 26.2. The first kappa shape index (κ1) is 28.9. The molecular formula is C24H29F4N3O2S2. The number of benzene rings is 2. The lowest BCUT2D eigenvalue weighted by molar-refractivity contribution is -0.172. The van der Waals surface area contributed by atoms with Gasteiger partial charge >= 0.3 is 6.18 Å². The number of carbonyl (C=O) groups excluding carboxylic acids is 1. The Bertz CT molecular complexity index is 1080. The van der Waals surface area contributed by atoms with E-state index in [1.807, 2.05) is 33.8 Å². The van der Waals surface area contributed by atoms with Crippen LogP contribution in [-0.2, 0) is 4.79 Å². The normalized spacial score (nSPS) is 12.7. The number of hydrogen-bond donors (Lipinski definition) is 1. The average molecular weight is 532 g/mol. The van der Waals surface area contributed by atoms with Crippen LogP contribution in [0.4, 0.5) is 17.6 Å². The minimum absolute atomic E-state index is 0.00187. The molecule has 1 aromatic heterocycles. The highest BCUT2D eigenvalue weighted by Crippen LogP contribution is 2.43. The molecule has 11 heteroatoms. The Hall–Kier alpha value is -2.37. The fourth-order valence-corrected chi connectivity index (χ4v) is 5.08. The average Bonchev–Trinajstić information content (AvgIpc) is 3.14. The highest BCUT2D eigenvalue weighted by atomic mass is 32.2. The summed E-state index contributed by atoms with van der Waals surface area (Å²) in [7, 11) is 0. The van der Waals surface area contributed by atoms with Crippen LogP contribution in [0.3, 0.4) is 0 Å². The van der Waals surface area contributed by atoms with Crippen molar-refractivity contribution in [1.82, 2.24) is 14.6 Å². The Morgan fingerprint density at radius 2 is 1.80 bits per heavy atom. The summed E-state index contributed by atoms with van der Waals surface area (Å²) in [6.07, 6.45) is -3.83. The largest absolute Gasteiger partial charge is 0.464 e. The minimum Gasteiger partial charge on any atom is -0.464 e. The van der Waals surface area contributed by atoms with Gasteiger partial charge in [-0.3, -0.25) is 4.79 Å². The summed E-state index contributed by atoms with van der Waals surface area (Å²) in [5.41, 5.74) is 0.343. The minimum atomic E-state index is -4.51. The number of alkyl halides is 3. The second-order valence-corrected chi connectivity index (χ2v) is 10.4. The van der Waals surface area contributed by atoms with E-state index in [2.05, 4.69) is 10.3 Å². The predicted octanol–water partition coefficient (Wildman–Crippen LogP) is 7.00. The number of nitrogens with zero attached hydrogens (tertiary/aromatic N) is 2. The number of ether oxygens (including phenoxy) is 1. The van der Waals surface area contributed by atoms with Gasteiger partial charge in [-0.2, -0.15) is 13.2 Å². The summed E-state index contributed by atoms with van der Waals surface area (Å²) in [5.74, 6) is -0.570. The van der Waals surface area contributed by atoms with E-state index < -0.39 is 18.0 Å². The first-order valence-corrected chi connectivity index (χ1v) is 12.5. The lowest BCUT2D eigenvalue weighted by Gasteiger charge is -2.31. The van der Waals surface area contributed by atoms with Crippen LogP contribution >= 0.6 is 23.3 Å². The van der Waals surface area contributed by atoms with Gasteiger partial charge in [0, 0.05) is 18.0 Å². The van der Waals surface area contributed by atoms with Crippen LogP contribution in [0.15, 0.2) is 47.4 Å². The zero-order valence-electron chi connectivity index (χ0n) is 20.1. The second kappa shape index (κ2) is 12.5. The van der Waals surface area contributed by atoms with E-state index in [4.69, 9.17) is 4.74 Å². The van der Waals surface area contributed by atoms with E-state index in [1.54, 1.807) is 19.1 Å². The third kappa shape index (κ3) is 8.97. The molecular weight excluding hydrogens is 502 g/mol. The highest BCUT2D eigenvalue weighted by molar-refractivity contribution is 7.97. The summed E-state index contributed by atoms with van der Waals surface area (Å²) in [6.45, 7) is 10.2. The van der Waals surface area contributed by atoms with Crippen molar-refractivity contribution in [2.75, 3.05) is 13.1 Å². The van der Waals surface area contributed by atoms with Crippen molar-refractivity contribution in [3.63, 3.8) is 0 Å². The molecule has 0 saturated heterocycles. The van der Waals surface area contributed by atoms with Gasteiger partial charge in [-0.05, 0) is 75.5 Å². The molecule has 1 heterocycles. The Kier molecular flexibility index (Phi) is 10.3. The van der Waals surface area contributed by atoms with Crippen LogP contribution in [0.5, 0.6) is 5.19 Å². The summed E-state index contributed by atoms with van der Waals surface area (Å²) >= 11 is 2.37. The second-order valence-electron chi connectivity index (χ2n) is 8.32. The molecule has 2 aromatic carbocycles. The maximum absolute atomic E-state index is 13.9. The summed E-state index contributed by atoms with van der Waals surface area (Å²) in [4.78, 5) is 14.4. The molecule has 0 bridgehead atoms. The van der Waals surface area contributed by atoms with Gasteiger partial charge in [-0.15, -0.1) is 0 Å². The smallest absolute Gasteiger partial charge is 0.408 e. The molecule has 1 amide bonds. The summed E-state index contributed by atoms with van der Waals surface area (Å²) < 4.78 is 62.8. The number of nitrogens with one attached hydrogen (secondary N) is 1. The van der Waals surface area contributed by atoms with Crippen LogP contribution < -0.4 is 10.1 Å². The van der Waals surface area contributed by atoms with Crippen molar-refractivity contribution in [1.29, 1.82) is 0 Å². The monoisotopic (exact) mass is 531 g/mol. The molecule has 0 aliphatic carbocycles. The maximum Gasteiger partial charge on any atom is 0.408 e. The van der Waals surface area contributed by atoms with Crippen molar-refractivity contribution in [2.24, 2.45) is 0 Å². The van der Waals surface area contributed by atoms with Gasteiger partial charge in [0.05, 0.1) is 10.2 Å². The molecule has 35 heavy (non-hydrogen) atoms. The van der Waals surface area contributed by atoms with Crippen molar-refractivity contribution in [3.8, 4) is 5.19 Å². The standard InChI is InChI=1S/C21H22F4N2OS2.C3H7NO/c1-5-27(18(21(23,24)25)13-6-8-14(22)9-7-13)30-15-10-11-16-17(12-15)29-19(26-16)28-20(2,3)4;1-2-4-3-5/h6-12,18H,5H2,1-4H3;3H,2H2,1H3,(H,4,5). The summed E-state index contributed by atoms with van der Waals surface area (Å²) in [6, 6.07) is 7.93.